The quantitative estimate of drug-likeness (QED) is 0.738. The Kier molecular flexibility index (Phi) is 4.32. The van der Waals surface area contributed by atoms with Crippen LogP contribution < -0.4 is 14.8 Å². The Hall–Kier alpha value is -2.04. The molecule has 4 heteroatoms. The second-order valence-corrected chi connectivity index (χ2v) is 6.31. The van der Waals surface area contributed by atoms with Gasteiger partial charge in [-0.25, -0.2) is 0 Å². The van der Waals surface area contributed by atoms with Gasteiger partial charge in [-0.15, -0.1) is 11.3 Å². The van der Waals surface area contributed by atoms with Crippen LogP contribution in [0.5, 0.6) is 17.2 Å². The number of hydrogen-bond acceptors (Lipinski definition) is 4. The molecule has 3 nitrogen and oxygen atoms in total. The van der Waals surface area contributed by atoms with Crippen LogP contribution in [-0.2, 0) is 6.54 Å². The van der Waals surface area contributed by atoms with Gasteiger partial charge in [0.15, 0.2) is 0 Å². The van der Waals surface area contributed by atoms with Crippen LogP contribution in [0.25, 0.3) is 10.1 Å². The Bertz CT molecular complexity index is 795. The summed E-state index contributed by atoms with van der Waals surface area (Å²) in [5, 5.41) is 4.50. The first kappa shape index (κ1) is 14.9. The van der Waals surface area contributed by atoms with E-state index < -0.39 is 0 Å². The predicted molar refractivity (Wildman–Crippen MR) is 92.4 cm³/mol. The van der Waals surface area contributed by atoms with Gasteiger partial charge in [-0.3, -0.25) is 0 Å². The summed E-state index contributed by atoms with van der Waals surface area (Å²) < 4.78 is 12.5. The lowest BCUT2D eigenvalue weighted by Crippen LogP contribution is -2.05. The molecule has 1 aromatic heterocycles. The Balaban J connectivity index is 2.02. The van der Waals surface area contributed by atoms with Gasteiger partial charge >= 0.3 is 0 Å². The molecule has 0 atom stereocenters. The third-order valence-electron chi connectivity index (χ3n) is 3.61. The minimum atomic E-state index is 0.785. The van der Waals surface area contributed by atoms with Crippen molar-refractivity contribution in [3.63, 3.8) is 0 Å². The molecular weight excluding hydrogens is 294 g/mol. The van der Waals surface area contributed by atoms with E-state index in [1.807, 2.05) is 43.4 Å². The fourth-order valence-corrected chi connectivity index (χ4v) is 3.65. The van der Waals surface area contributed by atoms with Crippen molar-refractivity contribution in [2.45, 2.75) is 13.5 Å². The number of benzene rings is 2. The molecule has 0 saturated heterocycles. The predicted octanol–water partition coefficient (Wildman–Crippen LogP) is 4.73. The third-order valence-corrected chi connectivity index (χ3v) is 4.78. The summed E-state index contributed by atoms with van der Waals surface area (Å²) in [5.74, 6) is 2.47. The zero-order valence-corrected chi connectivity index (χ0v) is 13.8. The van der Waals surface area contributed by atoms with Crippen molar-refractivity contribution >= 4 is 21.4 Å². The summed E-state index contributed by atoms with van der Waals surface area (Å²) in [5.41, 5.74) is 1.35. The van der Waals surface area contributed by atoms with Crippen molar-refractivity contribution in [2.75, 3.05) is 14.2 Å². The lowest BCUT2D eigenvalue weighted by molar-refractivity contribution is 0.409. The van der Waals surface area contributed by atoms with Gasteiger partial charge in [-0.2, -0.15) is 0 Å². The van der Waals surface area contributed by atoms with E-state index in [1.165, 1.54) is 20.5 Å². The van der Waals surface area contributed by atoms with E-state index in [0.717, 1.165) is 23.8 Å². The van der Waals surface area contributed by atoms with E-state index in [0.29, 0.717) is 0 Å². The summed E-state index contributed by atoms with van der Waals surface area (Å²) in [4.78, 5) is 1.33. The number of aryl methyl sites for hydroxylation is 1. The normalized spacial score (nSPS) is 10.9. The van der Waals surface area contributed by atoms with Gasteiger partial charge in [0.2, 0.25) is 0 Å². The van der Waals surface area contributed by atoms with Gasteiger partial charge < -0.3 is 14.8 Å². The molecule has 22 heavy (non-hydrogen) atoms. The minimum absolute atomic E-state index is 0.785. The molecule has 0 aliphatic carbocycles. The molecule has 0 unspecified atom stereocenters. The van der Waals surface area contributed by atoms with E-state index in [1.54, 1.807) is 18.4 Å². The maximum absolute atomic E-state index is 6.09. The maximum Gasteiger partial charge on any atom is 0.145 e. The largest absolute Gasteiger partial charge is 0.497 e. The molecule has 1 heterocycles. The average molecular weight is 313 g/mol. The van der Waals surface area contributed by atoms with Crippen LogP contribution >= 0.6 is 11.3 Å². The highest BCUT2D eigenvalue weighted by atomic mass is 32.1. The monoisotopic (exact) mass is 313 g/mol. The van der Waals surface area contributed by atoms with Gasteiger partial charge in [0.25, 0.3) is 0 Å². The molecule has 2 aromatic carbocycles. The lowest BCUT2D eigenvalue weighted by atomic mass is 10.1. The third kappa shape index (κ3) is 2.80. The minimum Gasteiger partial charge on any atom is -0.497 e. The molecule has 0 aliphatic rings. The van der Waals surface area contributed by atoms with Crippen molar-refractivity contribution in [1.29, 1.82) is 0 Å². The van der Waals surface area contributed by atoms with Crippen LogP contribution in [0.15, 0.2) is 42.5 Å². The molecule has 0 radical (unpaired) electrons. The number of thiophene rings is 1. The first-order valence-electron chi connectivity index (χ1n) is 7.20. The molecular formula is C18H19NO2S. The Labute approximate surface area is 134 Å². The van der Waals surface area contributed by atoms with Crippen LogP contribution in [-0.4, -0.2) is 14.2 Å². The van der Waals surface area contributed by atoms with Crippen LogP contribution in [0.1, 0.15) is 10.4 Å². The van der Waals surface area contributed by atoms with Crippen molar-refractivity contribution < 1.29 is 9.47 Å². The summed E-state index contributed by atoms with van der Waals surface area (Å²) in [6.07, 6.45) is 0. The van der Waals surface area contributed by atoms with Crippen LogP contribution in [0.3, 0.4) is 0 Å². The molecule has 3 rings (SSSR count). The first-order chi connectivity index (χ1) is 10.7. The average Bonchev–Trinajstić information content (AvgIpc) is 2.85. The van der Waals surface area contributed by atoms with Crippen molar-refractivity contribution in [2.24, 2.45) is 0 Å². The zero-order valence-electron chi connectivity index (χ0n) is 13.0. The molecule has 3 aromatic rings. The number of methoxy groups -OCH3 is 1. The second kappa shape index (κ2) is 6.38. The number of ether oxygens (including phenoxy) is 2. The van der Waals surface area contributed by atoms with E-state index in [9.17, 15) is 0 Å². The van der Waals surface area contributed by atoms with Gasteiger partial charge in [0.05, 0.1) is 11.8 Å². The maximum atomic E-state index is 6.09. The smallest absolute Gasteiger partial charge is 0.145 e. The van der Waals surface area contributed by atoms with Gasteiger partial charge in [-0.05, 0) is 37.7 Å². The van der Waals surface area contributed by atoms with Crippen molar-refractivity contribution in [3.8, 4) is 17.2 Å². The van der Waals surface area contributed by atoms with E-state index in [2.05, 4.69) is 18.3 Å². The first-order valence-corrected chi connectivity index (χ1v) is 8.02. The summed E-state index contributed by atoms with van der Waals surface area (Å²) >= 11 is 1.78. The molecule has 0 spiro atoms. The van der Waals surface area contributed by atoms with Crippen molar-refractivity contribution in [1.82, 2.24) is 5.32 Å². The molecule has 0 amide bonds. The fourth-order valence-electron chi connectivity index (χ4n) is 2.53. The molecule has 0 aliphatic heterocycles. The Morgan fingerprint density at radius 2 is 1.86 bits per heavy atom. The highest BCUT2D eigenvalue weighted by molar-refractivity contribution is 7.19. The number of hydrogen-bond donors (Lipinski definition) is 1. The van der Waals surface area contributed by atoms with Crippen LogP contribution in [0.4, 0.5) is 0 Å². The summed E-state index contributed by atoms with van der Waals surface area (Å²) in [6, 6.07) is 13.9. The lowest BCUT2D eigenvalue weighted by Gasteiger charge is -2.08. The van der Waals surface area contributed by atoms with Crippen molar-refractivity contribution in [3.05, 3.63) is 52.9 Å². The summed E-state index contributed by atoms with van der Waals surface area (Å²) in [7, 11) is 3.63. The number of rotatable bonds is 5. The van der Waals surface area contributed by atoms with E-state index >= 15 is 0 Å². The van der Waals surface area contributed by atoms with Crippen LogP contribution in [0, 0.1) is 6.92 Å². The SMILES string of the molecule is CNCc1c(C)sc2c(Oc3cccc(OC)c3)cccc12. The van der Waals surface area contributed by atoms with Gasteiger partial charge in [0, 0.05) is 22.9 Å². The van der Waals surface area contributed by atoms with E-state index in [-0.39, 0.29) is 0 Å². The Morgan fingerprint density at radius 1 is 1.09 bits per heavy atom. The molecule has 0 bridgehead atoms. The molecule has 0 saturated carbocycles. The second-order valence-electron chi connectivity index (χ2n) is 5.08. The highest BCUT2D eigenvalue weighted by Crippen LogP contribution is 2.39. The molecule has 0 fully saturated rings. The Morgan fingerprint density at radius 3 is 2.64 bits per heavy atom. The topological polar surface area (TPSA) is 30.5 Å². The highest BCUT2D eigenvalue weighted by Gasteiger charge is 2.12. The molecule has 114 valence electrons. The zero-order chi connectivity index (χ0) is 15.5. The summed E-state index contributed by atoms with van der Waals surface area (Å²) in [6.45, 7) is 3.03. The van der Waals surface area contributed by atoms with Gasteiger partial charge in [0.1, 0.15) is 17.2 Å². The molecule has 1 N–H and O–H groups in total. The van der Waals surface area contributed by atoms with Gasteiger partial charge in [-0.1, -0.05) is 18.2 Å². The standard InChI is InChI=1S/C18H19NO2S/c1-12-16(11-19-2)15-8-5-9-17(18(15)22-12)21-14-7-4-6-13(10-14)20-3/h4-10,19H,11H2,1-3H3. The fraction of sp³-hybridized carbons (Fsp3) is 0.222. The number of fused-ring (bicyclic) bond motifs is 1. The van der Waals surface area contributed by atoms with E-state index in [4.69, 9.17) is 9.47 Å². The van der Waals surface area contributed by atoms with Crippen LogP contribution in [0.2, 0.25) is 0 Å². The number of nitrogens with one attached hydrogen (secondary N) is 1.